The molecule has 0 bridgehead atoms. The molecule has 0 aliphatic carbocycles. The third-order valence-electron chi connectivity index (χ3n) is 4.43. The lowest BCUT2D eigenvalue weighted by atomic mass is 10.0. The SMILES string of the molecule is C=C/C=C(\C=C/C)Cc1ccc(N=Nc2ccc(CC(/C=C\C)=C/C)cc2)cc1. The van der Waals surface area contributed by atoms with E-state index >= 15 is 0 Å². The van der Waals surface area contributed by atoms with Crippen LogP contribution in [0.2, 0.25) is 0 Å². The molecule has 0 amide bonds. The fraction of sp³-hybridized carbons (Fsp3) is 0.185. The summed E-state index contributed by atoms with van der Waals surface area (Å²) in [5.41, 5.74) is 6.75. The van der Waals surface area contributed by atoms with E-state index in [4.69, 9.17) is 0 Å². The Kier molecular flexibility index (Phi) is 9.31. The first kappa shape index (κ1) is 22.0. The van der Waals surface area contributed by atoms with Crippen molar-refractivity contribution in [2.75, 3.05) is 0 Å². The van der Waals surface area contributed by atoms with Crippen molar-refractivity contribution in [2.45, 2.75) is 33.6 Å². The maximum absolute atomic E-state index is 4.36. The third-order valence-corrected chi connectivity index (χ3v) is 4.43. The van der Waals surface area contributed by atoms with E-state index in [0.29, 0.717) is 0 Å². The molecular formula is C27H30N2. The van der Waals surface area contributed by atoms with Crippen molar-refractivity contribution in [1.82, 2.24) is 0 Å². The van der Waals surface area contributed by atoms with Gasteiger partial charge in [0.15, 0.2) is 0 Å². The van der Waals surface area contributed by atoms with Gasteiger partial charge in [-0.15, -0.1) is 0 Å². The number of allylic oxidation sites excluding steroid dienone is 9. The van der Waals surface area contributed by atoms with Gasteiger partial charge < -0.3 is 0 Å². The fourth-order valence-corrected chi connectivity index (χ4v) is 2.96. The van der Waals surface area contributed by atoms with Crippen LogP contribution in [0, 0.1) is 0 Å². The highest BCUT2D eigenvalue weighted by Crippen LogP contribution is 2.21. The summed E-state index contributed by atoms with van der Waals surface area (Å²) in [5.74, 6) is 0. The lowest BCUT2D eigenvalue weighted by Gasteiger charge is -2.03. The molecule has 0 aromatic heterocycles. The molecule has 2 aromatic rings. The maximum atomic E-state index is 4.36. The topological polar surface area (TPSA) is 24.7 Å². The van der Waals surface area contributed by atoms with Crippen LogP contribution in [0.4, 0.5) is 11.4 Å². The number of benzene rings is 2. The summed E-state index contributed by atoms with van der Waals surface area (Å²) >= 11 is 0. The number of hydrogen-bond acceptors (Lipinski definition) is 2. The Morgan fingerprint density at radius 1 is 0.724 bits per heavy atom. The molecule has 0 heterocycles. The van der Waals surface area contributed by atoms with Crippen LogP contribution in [0.25, 0.3) is 0 Å². The van der Waals surface area contributed by atoms with Gasteiger partial charge in [0, 0.05) is 0 Å². The predicted molar refractivity (Wildman–Crippen MR) is 126 cm³/mol. The lowest BCUT2D eigenvalue weighted by Crippen LogP contribution is -1.87. The average Bonchev–Trinajstić information content (AvgIpc) is 2.74. The molecule has 0 aliphatic rings. The zero-order valence-electron chi connectivity index (χ0n) is 17.7. The summed E-state index contributed by atoms with van der Waals surface area (Å²) in [5, 5.41) is 8.73. The van der Waals surface area contributed by atoms with Crippen LogP contribution < -0.4 is 0 Å². The fourth-order valence-electron chi connectivity index (χ4n) is 2.96. The van der Waals surface area contributed by atoms with E-state index in [1.807, 2.05) is 56.3 Å². The van der Waals surface area contributed by atoms with Crippen LogP contribution in [0.3, 0.4) is 0 Å². The minimum absolute atomic E-state index is 0.849. The zero-order valence-corrected chi connectivity index (χ0v) is 17.7. The normalized spacial score (nSPS) is 13.1. The number of azo groups is 1. The third kappa shape index (κ3) is 7.71. The molecule has 0 fully saturated rings. The molecule has 148 valence electrons. The maximum Gasteiger partial charge on any atom is 0.0857 e. The second-order valence-electron chi connectivity index (χ2n) is 6.73. The predicted octanol–water partition coefficient (Wildman–Crippen LogP) is 8.40. The van der Waals surface area contributed by atoms with Crippen LogP contribution in [0.1, 0.15) is 31.9 Å². The first-order valence-electron chi connectivity index (χ1n) is 10.00. The minimum atomic E-state index is 0.849. The van der Waals surface area contributed by atoms with E-state index in [-0.39, 0.29) is 0 Å². The van der Waals surface area contributed by atoms with Crippen molar-refractivity contribution in [3.05, 3.63) is 120 Å². The molecule has 2 aromatic carbocycles. The highest BCUT2D eigenvalue weighted by molar-refractivity contribution is 5.43. The second kappa shape index (κ2) is 12.2. The van der Waals surface area contributed by atoms with Gasteiger partial charge in [-0.05, 0) is 80.2 Å². The number of rotatable bonds is 9. The summed E-state index contributed by atoms with van der Waals surface area (Å²) in [4.78, 5) is 0. The van der Waals surface area contributed by atoms with Crippen molar-refractivity contribution in [3.8, 4) is 0 Å². The van der Waals surface area contributed by atoms with Crippen LogP contribution in [0.5, 0.6) is 0 Å². The smallest absolute Gasteiger partial charge is 0.0857 e. The Morgan fingerprint density at radius 3 is 1.59 bits per heavy atom. The van der Waals surface area contributed by atoms with E-state index in [1.165, 1.54) is 22.3 Å². The van der Waals surface area contributed by atoms with Gasteiger partial charge in [0.2, 0.25) is 0 Å². The molecule has 0 saturated carbocycles. The summed E-state index contributed by atoms with van der Waals surface area (Å²) in [6, 6.07) is 16.4. The van der Waals surface area contributed by atoms with Gasteiger partial charge in [0.25, 0.3) is 0 Å². The average molecular weight is 383 g/mol. The highest BCUT2D eigenvalue weighted by atomic mass is 15.1. The van der Waals surface area contributed by atoms with E-state index < -0.39 is 0 Å². The van der Waals surface area contributed by atoms with Gasteiger partial charge in [0.05, 0.1) is 11.4 Å². The minimum Gasteiger partial charge on any atom is -0.151 e. The Labute approximate surface area is 175 Å². The van der Waals surface area contributed by atoms with Crippen LogP contribution in [0.15, 0.2) is 119 Å². The molecule has 2 heteroatoms. The van der Waals surface area contributed by atoms with E-state index in [2.05, 4.69) is 72.3 Å². The van der Waals surface area contributed by atoms with Crippen LogP contribution >= 0.6 is 0 Å². The van der Waals surface area contributed by atoms with Crippen molar-refractivity contribution < 1.29 is 0 Å². The van der Waals surface area contributed by atoms with Crippen LogP contribution in [-0.4, -0.2) is 0 Å². The first-order valence-corrected chi connectivity index (χ1v) is 10.00. The van der Waals surface area contributed by atoms with Gasteiger partial charge in [-0.2, -0.15) is 10.2 Å². The zero-order chi connectivity index (χ0) is 20.9. The van der Waals surface area contributed by atoms with Crippen molar-refractivity contribution in [2.24, 2.45) is 10.2 Å². The molecule has 29 heavy (non-hydrogen) atoms. The Bertz CT molecular complexity index is 922. The molecule has 0 N–H and O–H groups in total. The Morgan fingerprint density at radius 2 is 1.17 bits per heavy atom. The quantitative estimate of drug-likeness (QED) is 0.307. The first-order chi connectivity index (χ1) is 14.2. The molecule has 0 atom stereocenters. The summed E-state index contributed by atoms with van der Waals surface area (Å²) in [6.07, 6.45) is 16.2. The summed E-state index contributed by atoms with van der Waals surface area (Å²) in [7, 11) is 0. The standard InChI is InChI=1S/C27H30N2/c1-5-9-22(8-4)20-24-12-16-26(17-13-24)28-29-27-18-14-25(15-19-27)21-23(10-6-2)11-7-3/h5-19H,2,20-21H2,1,3-4H3/b9-5-,11-7-,22-8+,23-10+,29-28?. The van der Waals surface area contributed by atoms with Crippen molar-refractivity contribution in [3.63, 3.8) is 0 Å². The Hall–Kier alpha value is -3.26. The van der Waals surface area contributed by atoms with Gasteiger partial charge >= 0.3 is 0 Å². The molecular weight excluding hydrogens is 352 g/mol. The molecule has 2 nitrogen and oxygen atoms in total. The molecule has 0 unspecified atom stereocenters. The largest absolute Gasteiger partial charge is 0.151 e. The molecule has 0 radical (unpaired) electrons. The van der Waals surface area contributed by atoms with Gasteiger partial charge in [-0.1, -0.05) is 73.4 Å². The highest BCUT2D eigenvalue weighted by Gasteiger charge is 1.99. The molecule has 2 rings (SSSR count). The van der Waals surface area contributed by atoms with Gasteiger partial charge in [-0.25, -0.2) is 0 Å². The molecule has 0 aliphatic heterocycles. The lowest BCUT2D eigenvalue weighted by molar-refractivity contribution is 1.17. The number of hydrogen-bond donors (Lipinski definition) is 0. The monoisotopic (exact) mass is 382 g/mol. The van der Waals surface area contributed by atoms with Gasteiger partial charge in [0.1, 0.15) is 0 Å². The van der Waals surface area contributed by atoms with Crippen molar-refractivity contribution in [1.29, 1.82) is 0 Å². The molecule has 0 spiro atoms. The number of nitrogens with zero attached hydrogens (tertiary/aromatic N) is 2. The van der Waals surface area contributed by atoms with E-state index in [9.17, 15) is 0 Å². The van der Waals surface area contributed by atoms with Gasteiger partial charge in [-0.3, -0.25) is 0 Å². The molecule has 0 saturated heterocycles. The summed E-state index contributed by atoms with van der Waals surface area (Å²) in [6.45, 7) is 9.91. The second-order valence-corrected chi connectivity index (χ2v) is 6.73. The van der Waals surface area contributed by atoms with Crippen LogP contribution in [-0.2, 0) is 12.8 Å². The van der Waals surface area contributed by atoms with Crippen molar-refractivity contribution >= 4 is 11.4 Å². The van der Waals surface area contributed by atoms with E-state index in [0.717, 1.165) is 24.2 Å². The summed E-state index contributed by atoms with van der Waals surface area (Å²) < 4.78 is 0. The van der Waals surface area contributed by atoms with E-state index in [1.54, 1.807) is 0 Å². The Balaban J connectivity index is 2.01.